The van der Waals surface area contributed by atoms with Crippen molar-refractivity contribution in [2.45, 2.75) is 39.5 Å². The van der Waals surface area contributed by atoms with Crippen LogP contribution in [0.25, 0.3) is 22.2 Å². The second kappa shape index (κ2) is 11.3. The van der Waals surface area contributed by atoms with Crippen LogP contribution in [-0.2, 0) is 12.8 Å². The minimum absolute atomic E-state index is 0.0272. The SMILES string of the molecule is Cc1cc(C)cc(-c2[nH]c3ccc(C(=O)N(C)C)cc3c2CCNCCCCc2ccncc2)c1. The van der Waals surface area contributed by atoms with Gasteiger partial charge in [0.1, 0.15) is 0 Å². The van der Waals surface area contributed by atoms with Gasteiger partial charge in [0.15, 0.2) is 0 Å². The summed E-state index contributed by atoms with van der Waals surface area (Å²) in [6, 6.07) is 16.9. The van der Waals surface area contributed by atoms with Crippen molar-refractivity contribution in [1.29, 1.82) is 0 Å². The average molecular weight is 469 g/mol. The number of aryl methyl sites for hydroxylation is 3. The quantitative estimate of drug-likeness (QED) is 0.293. The smallest absolute Gasteiger partial charge is 0.253 e. The van der Waals surface area contributed by atoms with Crippen LogP contribution in [0.1, 0.15) is 45.5 Å². The van der Waals surface area contributed by atoms with Crippen molar-refractivity contribution >= 4 is 16.8 Å². The van der Waals surface area contributed by atoms with E-state index in [1.807, 2.05) is 30.6 Å². The number of nitrogens with zero attached hydrogens (tertiary/aromatic N) is 2. The van der Waals surface area contributed by atoms with Crippen molar-refractivity contribution in [2.24, 2.45) is 0 Å². The molecule has 0 radical (unpaired) electrons. The minimum Gasteiger partial charge on any atom is -0.354 e. The zero-order valence-electron chi connectivity index (χ0n) is 21.3. The summed E-state index contributed by atoms with van der Waals surface area (Å²) in [6.07, 6.45) is 8.01. The molecule has 0 saturated heterocycles. The number of hydrogen-bond donors (Lipinski definition) is 2. The Labute approximate surface area is 208 Å². The van der Waals surface area contributed by atoms with E-state index in [0.29, 0.717) is 0 Å². The largest absolute Gasteiger partial charge is 0.354 e. The maximum absolute atomic E-state index is 12.6. The standard InChI is InChI=1S/C30H36N4O/c1-21-17-22(2)19-25(18-21)29-26(12-16-31-13-6-5-7-23-10-14-32-15-11-23)27-20-24(30(35)34(3)4)8-9-28(27)33-29/h8-11,14-15,17-20,31,33H,5-7,12-13,16H2,1-4H3. The number of benzene rings is 2. The van der Waals surface area contributed by atoms with Gasteiger partial charge in [-0.1, -0.05) is 17.2 Å². The molecule has 0 aliphatic heterocycles. The van der Waals surface area contributed by atoms with Crippen molar-refractivity contribution in [3.05, 3.63) is 88.7 Å². The van der Waals surface area contributed by atoms with Crippen LogP contribution in [0.2, 0.25) is 0 Å². The van der Waals surface area contributed by atoms with Crippen LogP contribution in [0.3, 0.4) is 0 Å². The summed E-state index contributed by atoms with van der Waals surface area (Å²) in [6.45, 7) is 6.17. The molecule has 0 bridgehead atoms. The summed E-state index contributed by atoms with van der Waals surface area (Å²) in [7, 11) is 3.59. The lowest BCUT2D eigenvalue weighted by Crippen LogP contribution is -2.21. The first-order valence-corrected chi connectivity index (χ1v) is 12.5. The molecule has 0 spiro atoms. The lowest BCUT2D eigenvalue weighted by molar-refractivity contribution is 0.0828. The van der Waals surface area contributed by atoms with Gasteiger partial charge in [0.2, 0.25) is 0 Å². The third-order valence-electron chi connectivity index (χ3n) is 6.44. The molecule has 2 heterocycles. The predicted octanol–water partition coefficient (Wildman–Crippen LogP) is 5.70. The molecule has 2 aromatic heterocycles. The number of aromatic nitrogens is 2. The predicted molar refractivity (Wildman–Crippen MR) is 145 cm³/mol. The molecule has 5 nitrogen and oxygen atoms in total. The zero-order chi connectivity index (χ0) is 24.8. The van der Waals surface area contributed by atoms with Gasteiger partial charge < -0.3 is 15.2 Å². The van der Waals surface area contributed by atoms with E-state index in [1.54, 1.807) is 19.0 Å². The molecule has 0 aliphatic rings. The molecule has 4 rings (SSSR count). The number of pyridine rings is 1. The number of H-pyrrole nitrogens is 1. The van der Waals surface area contributed by atoms with E-state index in [1.165, 1.54) is 27.8 Å². The van der Waals surface area contributed by atoms with Gasteiger partial charge in [0.05, 0.1) is 0 Å². The topological polar surface area (TPSA) is 61.0 Å². The number of nitrogens with one attached hydrogen (secondary N) is 2. The maximum Gasteiger partial charge on any atom is 0.253 e. The van der Waals surface area contributed by atoms with Gasteiger partial charge >= 0.3 is 0 Å². The summed E-state index contributed by atoms with van der Waals surface area (Å²) in [5, 5.41) is 4.76. The Balaban J connectivity index is 1.50. The van der Waals surface area contributed by atoms with Crippen molar-refractivity contribution in [3.8, 4) is 11.3 Å². The molecule has 2 aromatic carbocycles. The van der Waals surface area contributed by atoms with Crippen LogP contribution >= 0.6 is 0 Å². The first-order chi connectivity index (χ1) is 16.9. The number of aromatic amines is 1. The molecule has 1 amide bonds. The highest BCUT2D eigenvalue weighted by Gasteiger charge is 2.16. The van der Waals surface area contributed by atoms with Gasteiger partial charge in [-0.05, 0) is 112 Å². The van der Waals surface area contributed by atoms with E-state index >= 15 is 0 Å². The highest BCUT2D eigenvalue weighted by atomic mass is 16.2. The van der Waals surface area contributed by atoms with Crippen molar-refractivity contribution in [1.82, 2.24) is 20.2 Å². The number of amides is 1. The minimum atomic E-state index is 0.0272. The maximum atomic E-state index is 12.6. The third kappa shape index (κ3) is 6.17. The average Bonchev–Trinajstić information content (AvgIpc) is 3.20. The summed E-state index contributed by atoms with van der Waals surface area (Å²) >= 11 is 0. The first-order valence-electron chi connectivity index (χ1n) is 12.5. The fourth-order valence-electron chi connectivity index (χ4n) is 4.73. The van der Waals surface area contributed by atoms with Crippen molar-refractivity contribution < 1.29 is 4.79 Å². The monoisotopic (exact) mass is 468 g/mol. The molecule has 0 atom stereocenters. The van der Waals surface area contributed by atoms with Gasteiger partial charge in [-0.2, -0.15) is 0 Å². The second-order valence-electron chi connectivity index (χ2n) is 9.63. The van der Waals surface area contributed by atoms with E-state index in [0.717, 1.165) is 60.9 Å². The Morgan fingerprint density at radius 3 is 2.37 bits per heavy atom. The molecule has 182 valence electrons. The first kappa shape index (κ1) is 24.7. The molecule has 0 unspecified atom stereocenters. The second-order valence-corrected chi connectivity index (χ2v) is 9.63. The number of rotatable bonds is 10. The Hall–Kier alpha value is -3.44. The van der Waals surface area contributed by atoms with Gasteiger partial charge in [0, 0.05) is 48.6 Å². The van der Waals surface area contributed by atoms with E-state index in [9.17, 15) is 4.79 Å². The van der Waals surface area contributed by atoms with E-state index in [-0.39, 0.29) is 5.91 Å². The number of carbonyl (C=O) groups is 1. The third-order valence-corrected chi connectivity index (χ3v) is 6.44. The van der Waals surface area contributed by atoms with Crippen LogP contribution in [-0.4, -0.2) is 48.0 Å². The summed E-state index contributed by atoms with van der Waals surface area (Å²) in [4.78, 5) is 22.0. The zero-order valence-corrected chi connectivity index (χ0v) is 21.3. The lowest BCUT2D eigenvalue weighted by Gasteiger charge is -2.11. The van der Waals surface area contributed by atoms with Gasteiger partial charge in [-0.15, -0.1) is 0 Å². The number of carbonyl (C=O) groups excluding carboxylic acids is 1. The molecule has 5 heteroatoms. The fraction of sp³-hybridized carbons (Fsp3) is 0.333. The molecule has 0 aliphatic carbocycles. The molecule has 35 heavy (non-hydrogen) atoms. The van der Waals surface area contributed by atoms with Gasteiger partial charge in [0.25, 0.3) is 5.91 Å². The van der Waals surface area contributed by atoms with E-state index in [4.69, 9.17) is 0 Å². The Kier molecular flexibility index (Phi) is 7.98. The normalized spacial score (nSPS) is 11.2. The molecule has 4 aromatic rings. The number of hydrogen-bond acceptors (Lipinski definition) is 3. The molecular weight excluding hydrogens is 432 g/mol. The van der Waals surface area contributed by atoms with Crippen LogP contribution in [0, 0.1) is 13.8 Å². The number of unbranched alkanes of at least 4 members (excludes halogenated alkanes) is 1. The van der Waals surface area contributed by atoms with Crippen molar-refractivity contribution in [2.75, 3.05) is 27.2 Å². The fourth-order valence-corrected chi connectivity index (χ4v) is 4.73. The van der Waals surface area contributed by atoms with Gasteiger partial charge in [-0.3, -0.25) is 9.78 Å². The van der Waals surface area contributed by atoms with Gasteiger partial charge in [-0.25, -0.2) is 0 Å². The van der Waals surface area contributed by atoms with Crippen LogP contribution in [0.15, 0.2) is 60.9 Å². The Bertz CT molecular complexity index is 1270. The summed E-state index contributed by atoms with van der Waals surface area (Å²) in [5.74, 6) is 0.0272. The molecule has 0 fully saturated rings. The Morgan fingerprint density at radius 2 is 1.66 bits per heavy atom. The van der Waals surface area contributed by atoms with Crippen molar-refractivity contribution in [3.63, 3.8) is 0 Å². The summed E-state index contributed by atoms with van der Waals surface area (Å²) in [5.41, 5.74) is 9.26. The lowest BCUT2D eigenvalue weighted by atomic mass is 9.98. The van der Waals surface area contributed by atoms with Crippen LogP contribution in [0.4, 0.5) is 0 Å². The van der Waals surface area contributed by atoms with Crippen LogP contribution < -0.4 is 5.32 Å². The Morgan fingerprint density at radius 1 is 0.914 bits per heavy atom. The van der Waals surface area contributed by atoms with Crippen LogP contribution in [0.5, 0.6) is 0 Å². The highest BCUT2D eigenvalue weighted by Crippen LogP contribution is 2.32. The summed E-state index contributed by atoms with van der Waals surface area (Å²) < 4.78 is 0. The van der Waals surface area contributed by atoms with E-state index < -0.39 is 0 Å². The molecular formula is C30H36N4O. The number of fused-ring (bicyclic) bond motifs is 1. The molecule has 0 saturated carbocycles. The van der Waals surface area contributed by atoms with E-state index in [2.05, 4.69) is 59.5 Å². The highest BCUT2D eigenvalue weighted by molar-refractivity contribution is 6.00. The molecule has 2 N–H and O–H groups in total.